The fraction of sp³-hybridized carbons (Fsp3) is 0.458. The normalized spacial score (nSPS) is 22.6. The van der Waals surface area contributed by atoms with E-state index in [1.807, 2.05) is 43.3 Å². The van der Waals surface area contributed by atoms with Crippen molar-refractivity contribution in [1.29, 1.82) is 0 Å². The van der Waals surface area contributed by atoms with Crippen molar-refractivity contribution in [2.75, 3.05) is 25.1 Å². The van der Waals surface area contributed by atoms with Gasteiger partial charge in [-0.05, 0) is 43.9 Å². The van der Waals surface area contributed by atoms with Crippen LogP contribution in [0, 0.1) is 5.92 Å². The number of ether oxygens (including phenoxy) is 1. The highest BCUT2D eigenvalue weighted by atomic mass is 35.5. The van der Waals surface area contributed by atoms with E-state index in [1.54, 1.807) is 12.1 Å². The summed E-state index contributed by atoms with van der Waals surface area (Å²) in [7, 11) is 3.91. The summed E-state index contributed by atoms with van der Waals surface area (Å²) in [5, 5.41) is 6.81. The molecule has 0 aromatic heterocycles. The maximum Gasteiger partial charge on any atom is 0.573 e. The predicted molar refractivity (Wildman–Crippen MR) is 149 cm³/mol. The van der Waals surface area contributed by atoms with Crippen molar-refractivity contribution in [3.8, 4) is 5.75 Å². The lowest BCUT2D eigenvalue weighted by Gasteiger charge is -2.43. The van der Waals surface area contributed by atoms with Crippen LogP contribution in [0.15, 0.2) is 47.5 Å². The maximum atomic E-state index is 12.8. The van der Waals surface area contributed by atoms with E-state index in [9.17, 15) is 13.2 Å². The van der Waals surface area contributed by atoms with E-state index in [0.29, 0.717) is 5.56 Å². The molecule has 13 heteroatoms. The molecule has 1 heterocycles. The lowest BCUT2D eigenvalue weighted by Crippen LogP contribution is -2.57. The first-order valence-corrected chi connectivity index (χ1v) is 11.4. The Balaban J connectivity index is 0.00000228. The number of anilines is 2. The monoisotopic (exact) mass is 584 g/mol. The van der Waals surface area contributed by atoms with Crippen LogP contribution in [0.25, 0.3) is 0 Å². The average molecular weight is 586 g/mol. The molecule has 2 aromatic carbocycles. The molecule has 0 amide bonds. The van der Waals surface area contributed by atoms with Gasteiger partial charge in [-0.3, -0.25) is 5.73 Å². The van der Waals surface area contributed by atoms with Gasteiger partial charge in [0.25, 0.3) is 0 Å². The van der Waals surface area contributed by atoms with Gasteiger partial charge in [0.15, 0.2) is 5.79 Å². The van der Waals surface area contributed by atoms with Crippen molar-refractivity contribution < 1.29 is 17.9 Å². The van der Waals surface area contributed by atoms with E-state index in [4.69, 9.17) is 16.5 Å². The summed E-state index contributed by atoms with van der Waals surface area (Å²) in [6.07, 6.45) is -1.43. The minimum atomic E-state index is -4.77. The highest BCUT2D eigenvalue weighted by molar-refractivity contribution is 6.05. The summed E-state index contributed by atoms with van der Waals surface area (Å²) < 4.78 is 42.4. The second kappa shape index (κ2) is 13.1. The standard InChI is InChI=1S/C24H31F3N6O.3ClH/c1-33(2)22-19-5-3-4-6-20(19)31-23(29,32-22)16-8-11-18(12-9-16)30-14-15-7-10-17(28)13-21(15)34-24(25,26)27;;;/h3-7,10,13,16,18,30-31H,8-9,11-12,14,28-29H2,1-2H3;3*1H. The summed E-state index contributed by atoms with van der Waals surface area (Å²) >= 11 is 0. The maximum absolute atomic E-state index is 12.8. The van der Waals surface area contributed by atoms with Crippen molar-refractivity contribution in [2.45, 2.75) is 50.4 Å². The number of benzene rings is 2. The molecule has 1 atom stereocenters. The van der Waals surface area contributed by atoms with Crippen LogP contribution in [-0.4, -0.2) is 43.0 Å². The second-order valence-corrected chi connectivity index (χ2v) is 9.17. The van der Waals surface area contributed by atoms with Crippen LogP contribution in [0.5, 0.6) is 5.75 Å². The summed E-state index contributed by atoms with van der Waals surface area (Å²) in [4.78, 5) is 6.88. The number of nitrogen functional groups attached to an aromatic ring is 1. The van der Waals surface area contributed by atoms with Gasteiger partial charge in [-0.2, -0.15) is 0 Å². The third-order valence-electron chi connectivity index (χ3n) is 6.47. The third kappa shape index (κ3) is 7.94. The Morgan fingerprint density at radius 3 is 2.35 bits per heavy atom. The lowest BCUT2D eigenvalue weighted by atomic mass is 9.81. The first-order valence-electron chi connectivity index (χ1n) is 11.4. The van der Waals surface area contributed by atoms with Gasteiger partial charge in [0.1, 0.15) is 11.6 Å². The molecule has 1 unspecified atom stereocenters. The minimum absolute atomic E-state index is 0. The average Bonchev–Trinajstić information content (AvgIpc) is 2.77. The van der Waals surface area contributed by atoms with Crippen LogP contribution in [-0.2, 0) is 6.54 Å². The molecule has 37 heavy (non-hydrogen) atoms. The highest BCUT2D eigenvalue weighted by Gasteiger charge is 2.41. The molecule has 208 valence electrons. The van der Waals surface area contributed by atoms with Crippen LogP contribution >= 0.6 is 37.2 Å². The molecule has 1 aliphatic carbocycles. The number of halogens is 6. The van der Waals surface area contributed by atoms with Crippen LogP contribution in [0.1, 0.15) is 36.8 Å². The van der Waals surface area contributed by atoms with Crippen LogP contribution in [0.2, 0.25) is 0 Å². The van der Waals surface area contributed by atoms with Crippen molar-refractivity contribution in [3.63, 3.8) is 0 Å². The molecule has 1 aliphatic heterocycles. The molecule has 1 fully saturated rings. The van der Waals surface area contributed by atoms with E-state index in [1.165, 1.54) is 6.07 Å². The van der Waals surface area contributed by atoms with E-state index in [0.717, 1.165) is 42.8 Å². The number of aliphatic imine (C=N–C) groups is 1. The number of nitrogens with one attached hydrogen (secondary N) is 2. The van der Waals surface area contributed by atoms with Gasteiger partial charge >= 0.3 is 6.36 Å². The molecule has 0 bridgehead atoms. The molecule has 0 saturated heterocycles. The van der Waals surface area contributed by atoms with Gasteiger partial charge in [0, 0.05) is 61.2 Å². The summed E-state index contributed by atoms with van der Waals surface area (Å²) in [5.74, 6) is -0.221. The zero-order valence-electron chi connectivity index (χ0n) is 20.5. The number of fused-ring (bicyclic) bond motifs is 1. The van der Waals surface area contributed by atoms with Gasteiger partial charge in [0.2, 0.25) is 0 Å². The van der Waals surface area contributed by atoms with Crippen molar-refractivity contribution in [3.05, 3.63) is 53.6 Å². The molecule has 2 aromatic rings. The number of para-hydroxylation sites is 1. The Morgan fingerprint density at radius 2 is 1.73 bits per heavy atom. The smallest absolute Gasteiger partial charge is 0.405 e. The molecule has 4 rings (SSSR count). The summed E-state index contributed by atoms with van der Waals surface area (Å²) in [6.45, 7) is 0.253. The van der Waals surface area contributed by atoms with Gasteiger partial charge < -0.3 is 26.0 Å². The topological polar surface area (TPSA) is 101 Å². The molecular formula is C24H34Cl3F3N6O. The molecule has 1 saturated carbocycles. The van der Waals surface area contributed by atoms with Crippen LogP contribution in [0.4, 0.5) is 24.5 Å². The Kier molecular flexibility index (Phi) is 11.7. The zero-order chi connectivity index (χ0) is 24.5. The number of alkyl halides is 3. The SMILES string of the molecule is CN(C)C1=NC(N)(C2CCC(NCc3ccc(N)cc3OC(F)(F)F)CC2)Nc2ccccc21.Cl.Cl.Cl. The Labute approximate surface area is 233 Å². The molecule has 0 radical (unpaired) electrons. The number of hydrogen-bond acceptors (Lipinski definition) is 7. The summed E-state index contributed by atoms with van der Waals surface area (Å²) in [5.41, 5.74) is 15.1. The molecule has 0 spiro atoms. The zero-order valence-corrected chi connectivity index (χ0v) is 23.0. The molecule has 7 nitrogen and oxygen atoms in total. The van der Waals surface area contributed by atoms with E-state index in [-0.39, 0.29) is 67.2 Å². The Hall–Kier alpha value is -2.11. The summed E-state index contributed by atoms with van der Waals surface area (Å²) in [6, 6.07) is 12.5. The number of nitrogens with two attached hydrogens (primary N) is 2. The van der Waals surface area contributed by atoms with E-state index >= 15 is 0 Å². The molecule has 2 aliphatic rings. The number of rotatable bonds is 5. The quantitative estimate of drug-likeness (QED) is 0.363. The largest absolute Gasteiger partial charge is 0.573 e. The fourth-order valence-electron chi connectivity index (χ4n) is 4.73. The van der Waals surface area contributed by atoms with Crippen molar-refractivity contribution >= 4 is 54.4 Å². The van der Waals surface area contributed by atoms with Gasteiger partial charge in [0.05, 0.1) is 0 Å². The third-order valence-corrected chi connectivity index (χ3v) is 6.47. The van der Waals surface area contributed by atoms with E-state index in [2.05, 4.69) is 15.4 Å². The lowest BCUT2D eigenvalue weighted by molar-refractivity contribution is -0.274. The van der Waals surface area contributed by atoms with Crippen LogP contribution < -0.4 is 26.8 Å². The number of hydrogen-bond donors (Lipinski definition) is 4. The minimum Gasteiger partial charge on any atom is -0.405 e. The second-order valence-electron chi connectivity index (χ2n) is 9.17. The van der Waals surface area contributed by atoms with Crippen LogP contribution in [0.3, 0.4) is 0 Å². The Morgan fingerprint density at radius 1 is 1.08 bits per heavy atom. The van der Waals surface area contributed by atoms with Gasteiger partial charge in [-0.15, -0.1) is 50.4 Å². The molecular weight excluding hydrogens is 552 g/mol. The highest BCUT2D eigenvalue weighted by Crippen LogP contribution is 2.37. The molecule has 6 N–H and O–H groups in total. The predicted octanol–water partition coefficient (Wildman–Crippen LogP) is 5.13. The van der Waals surface area contributed by atoms with Gasteiger partial charge in [-0.25, -0.2) is 4.99 Å². The fourth-order valence-corrected chi connectivity index (χ4v) is 4.73. The van der Waals surface area contributed by atoms with Crippen molar-refractivity contribution in [2.24, 2.45) is 16.6 Å². The first kappa shape index (κ1) is 32.9. The number of amidine groups is 1. The number of nitrogens with zero attached hydrogens (tertiary/aromatic N) is 2. The Bertz CT molecular complexity index is 1060. The van der Waals surface area contributed by atoms with Gasteiger partial charge in [-0.1, -0.05) is 18.2 Å². The first-order chi connectivity index (χ1) is 16.0. The van der Waals surface area contributed by atoms with Crippen molar-refractivity contribution in [1.82, 2.24) is 10.2 Å². The van der Waals surface area contributed by atoms with E-state index < -0.39 is 12.1 Å².